The molecule has 2 heterocycles. The summed E-state index contributed by atoms with van der Waals surface area (Å²) in [4.78, 5) is 10.7. The maximum Gasteiger partial charge on any atom is 0.191 e. The van der Waals surface area contributed by atoms with Crippen LogP contribution in [0.1, 0.15) is 23.4 Å². The smallest absolute Gasteiger partial charge is 0.191 e. The number of nitrogens with one attached hydrogen (secondary N) is 2. The van der Waals surface area contributed by atoms with E-state index in [1.807, 2.05) is 42.9 Å². The van der Waals surface area contributed by atoms with E-state index in [-0.39, 0.29) is 0 Å². The molecular weight excluding hydrogens is 314 g/mol. The number of aryl methyl sites for hydroxylation is 3. The van der Waals surface area contributed by atoms with Gasteiger partial charge in [-0.15, -0.1) is 0 Å². The van der Waals surface area contributed by atoms with Crippen molar-refractivity contribution in [3.8, 4) is 0 Å². The van der Waals surface area contributed by atoms with Crippen LogP contribution in [0.15, 0.2) is 29.4 Å². The number of nitrogens with zero attached hydrogens (tertiary/aromatic N) is 5. The summed E-state index contributed by atoms with van der Waals surface area (Å²) in [7, 11) is 5.78. The van der Waals surface area contributed by atoms with Gasteiger partial charge in [-0.25, -0.2) is 4.98 Å². The number of rotatable bonds is 7. The summed E-state index contributed by atoms with van der Waals surface area (Å²) in [6, 6.07) is 6.13. The van der Waals surface area contributed by atoms with Crippen LogP contribution in [0.5, 0.6) is 0 Å². The van der Waals surface area contributed by atoms with Gasteiger partial charge in [-0.3, -0.25) is 9.67 Å². The highest BCUT2D eigenvalue weighted by Gasteiger charge is 2.06. The van der Waals surface area contributed by atoms with Crippen molar-refractivity contribution in [1.82, 2.24) is 25.4 Å². The van der Waals surface area contributed by atoms with Crippen molar-refractivity contribution in [3.63, 3.8) is 0 Å². The molecule has 0 spiro atoms. The third-order valence-electron chi connectivity index (χ3n) is 3.90. The summed E-state index contributed by atoms with van der Waals surface area (Å²) in [5.74, 6) is 1.76. The maximum absolute atomic E-state index is 4.48. The standard InChI is InChI=1S/C18H29N7/c1-14-12-15(2)25(23-14)11-7-10-21-18(19-3)22-13-16-8-6-9-20-17(16)24(4)5/h6,8-9,12H,7,10-11,13H2,1-5H3,(H2,19,21,22). The van der Waals surface area contributed by atoms with Crippen molar-refractivity contribution in [3.05, 3.63) is 41.3 Å². The van der Waals surface area contributed by atoms with Crippen LogP contribution in [0.2, 0.25) is 0 Å². The molecule has 7 heteroatoms. The zero-order valence-electron chi connectivity index (χ0n) is 15.9. The van der Waals surface area contributed by atoms with E-state index in [9.17, 15) is 0 Å². The molecular formula is C18H29N7. The first-order valence-electron chi connectivity index (χ1n) is 8.58. The number of aliphatic imine (C=N–C) groups is 1. The highest BCUT2D eigenvalue weighted by atomic mass is 15.3. The fourth-order valence-corrected chi connectivity index (χ4v) is 2.71. The molecule has 0 saturated carbocycles. The normalized spacial score (nSPS) is 11.5. The molecule has 0 aliphatic rings. The zero-order chi connectivity index (χ0) is 18.2. The third-order valence-corrected chi connectivity index (χ3v) is 3.90. The second-order valence-electron chi connectivity index (χ2n) is 6.24. The second-order valence-corrected chi connectivity index (χ2v) is 6.24. The summed E-state index contributed by atoms with van der Waals surface area (Å²) in [5.41, 5.74) is 3.40. The van der Waals surface area contributed by atoms with Crippen LogP contribution in [0.3, 0.4) is 0 Å². The predicted octanol–water partition coefficient (Wildman–Crippen LogP) is 1.72. The van der Waals surface area contributed by atoms with E-state index in [1.165, 1.54) is 5.69 Å². The minimum atomic E-state index is 0.679. The zero-order valence-corrected chi connectivity index (χ0v) is 15.9. The molecule has 0 bridgehead atoms. The van der Waals surface area contributed by atoms with E-state index < -0.39 is 0 Å². The minimum absolute atomic E-state index is 0.679. The SMILES string of the molecule is CN=C(NCCCn1nc(C)cc1C)NCc1cccnc1N(C)C. The van der Waals surface area contributed by atoms with Crippen LogP contribution in [-0.4, -0.2) is 48.4 Å². The molecule has 0 saturated heterocycles. The highest BCUT2D eigenvalue weighted by molar-refractivity contribution is 5.79. The number of hydrogen-bond donors (Lipinski definition) is 2. The van der Waals surface area contributed by atoms with E-state index in [0.717, 1.165) is 42.5 Å². The van der Waals surface area contributed by atoms with E-state index in [0.29, 0.717) is 6.54 Å². The summed E-state index contributed by atoms with van der Waals surface area (Å²) in [5, 5.41) is 11.2. The summed E-state index contributed by atoms with van der Waals surface area (Å²) >= 11 is 0. The molecule has 2 N–H and O–H groups in total. The van der Waals surface area contributed by atoms with Crippen LogP contribution in [0.25, 0.3) is 0 Å². The van der Waals surface area contributed by atoms with Crippen molar-refractivity contribution < 1.29 is 0 Å². The van der Waals surface area contributed by atoms with Crippen LogP contribution in [-0.2, 0) is 13.1 Å². The Bertz CT molecular complexity index is 703. The van der Waals surface area contributed by atoms with Gasteiger partial charge in [0.15, 0.2) is 5.96 Å². The number of anilines is 1. The van der Waals surface area contributed by atoms with Crippen LogP contribution < -0.4 is 15.5 Å². The van der Waals surface area contributed by atoms with E-state index >= 15 is 0 Å². The first-order valence-corrected chi connectivity index (χ1v) is 8.58. The minimum Gasteiger partial charge on any atom is -0.362 e. The summed E-state index contributed by atoms with van der Waals surface area (Å²) < 4.78 is 2.05. The monoisotopic (exact) mass is 343 g/mol. The van der Waals surface area contributed by atoms with Gasteiger partial charge in [-0.05, 0) is 32.4 Å². The van der Waals surface area contributed by atoms with Crippen molar-refractivity contribution in [2.75, 3.05) is 32.6 Å². The van der Waals surface area contributed by atoms with Crippen LogP contribution in [0.4, 0.5) is 5.82 Å². The van der Waals surface area contributed by atoms with Crippen LogP contribution in [0, 0.1) is 13.8 Å². The second kappa shape index (κ2) is 9.05. The van der Waals surface area contributed by atoms with Crippen LogP contribution >= 0.6 is 0 Å². The molecule has 0 atom stereocenters. The van der Waals surface area contributed by atoms with Gasteiger partial charge in [-0.2, -0.15) is 5.10 Å². The quantitative estimate of drug-likeness (QED) is 0.455. The lowest BCUT2D eigenvalue weighted by molar-refractivity contribution is 0.555. The predicted molar refractivity (Wildman–Crippen MR) is 103 cm³/mol. The molecule has 2 rings (SSSR count). The van der Waals surface area contributed by atoms with Gasteiger partial charge in [0.2, 0.25) is 0 Å². The number of aromatic nitrogens is 3. The topological polar surface area (TPSA) is 70.4 Å². The molecule has 2 aromatic rings. The van der Waals surface area contributed by atoms with Gasteiger partial charge in [0.25, 0.3) is 0 Å². The van der Waals surface area contributed by atoms with Gasteiger partial charge in [0, 0.05) is 58.2 Å². The lowest BCUT2D eigenvalue weighted by Gasteiger charge is -2.17. The Hall–Kier alpha value is -2.57. The summed E-state index contributed by atoms with van der Waals surface area (Å²) in [6.45, 7) is 6.53. The number of guanidine groups is 1. The van der Waals surface area contributed by atoms with Gasteiger partial charge in [0.1, 0.15) is 5.82 Å². The molecule has 0 aromatic carbocycles. The van der Waals surface area contributed by atoms with Crippen molar-refractivity contribution in [2.24, 2.45) is 4.99 Å². The average molecular weight is 343 g/mol. The fourth-order valence-electron chi connectivity index (χ4n) is 2.71. The highest BCUT2D eigenvalue weighted by Crippen LogP contribution is 2.13. The third kappa shape index (κ3) is 5.48. The molecule has 0 aliphatic carbocycles. The van der Waals surface area contributed by atoms with E-state index in [2.05, 4.69) is 44.8 Å². The molecule has 0 radical (unpaired) electrons. The molecule has 0 fully saturated rings. The molecule has 136 valence electrons. The van der Waals surface area contributed by atoms with Gasteiger partial charge < -0.3 is 15.5 Å². The number of hydrogen-bond acceptors (Lipinski definition) is 4. The Labute approximate surface area is 150 Å². The van der Waals surface area contributed by atoms with E-state index in [4.69, 9.17) is 0 Å². The molecule has 0 aliphatic heterocycles. The average Bonchev–Trinajstić information content (AvgIpc) is 2.91. The van der Waals surface area contributed by atoms with Gasteiger partial charge in [0.05, 0.1) is 5.69 Å². The first kappa shape index (κ1) is 18.8. The Balaban J connectivity index is 1.78. The number of pyridine rings is 1. The maximum atomic E-state index is 4.48. The molecule has 0 unspecified atom stereocenters. The van der Waals surface area contributed by atoms with Crippen molar-refractivity contribution >= 4 is 11.8 Å². The van der Waals surface area contributed by atoms with Gasteiger partial charge >= 0.3 is 0 Å². The Morgan fingerprint density at radius 3 is 2.72 bits per heavy atom. The summed E-state index contributed by atoms with van der Waals surface area (Å²) in [6.07, 6.45) is 2.80. The van der Waals surface area contributed by atoms with Gasteiger partial charge in [-0.1, -0.05) is 6.07 Å². The molecule has 25 heavy (non-hydrogen) atoms. The largest absolute Gasteiger partial charge is 0.362 e. The Kier molecular flexibility index (Phi) is 6.80. The van der Waals surface area contributed by atoms with E-state index in [1.54, 1.807) is 7.05 Å². The van der Waals surface area contributed by atoms with Crippen molar-refractivity contribution in [2.45, 2.75) is 33.4 Å². The fraction of sp³-hybridized carbons (Fsp3) is 0.500. The first-order chi connectivity index (χ1) is 12.0. The molecule has 7 nitrogen and oxygen atoms in total. The molecule has 0 amide bonds. The lowest BCUT2D eigenvalue weighted by Crippen LogP contribution is -2.37. The Morgan fingerprint density at radius 2 is 2.08 bits per heavy atom. The Morgan fingerprint density at radius 1 is 1.28 bits per heavy atom. The lowest BCUT2D eigenvalue weighted by atomic mass is 10.2. The molecule has 2 aromatic heterocycles. The van der Waals surface area contributed by atoms with Crippen molar-refractivity contribution in [1.29, 1.82) is 0 Å².